The molecule has 132 valence electrons. The maximum Gasteiger partial charge on any atom is 0.270 e. The molecule has 1 amide bonds. The molecule has 2 heterocycles. The Labute approximate surface area is 156 Å². The average Bonchev–Trinajstić information content (AvgIpc) is 2.66. The molecule has 7 heteroatoms. The number of anilines is 1. The van der Waals surface area contributed by atoms with Crippen LogP contribution < -0.4 is 10.6 Å². The van der Waals surface area contributed by atoms with Crippen molar-refractivity contribution in [2.75, 3.05) is 5.32 Å². The maximum absolute atomic E-state index is 12.4. The summed E-state index contributed by atoms with van der Waals surface area (Å²) in [5.74, 6) is 0.847. The predicted molar refractivity (Wildman–Crippen MR) is 101 cm³/mol. The lowest BCUT2D eigenvalue weighted by molar-refractivity contribution is 0.0945. The monoisotopic (exact) mass is 367 g/mol. The van der Waals surface area contributed by atoms with Crippen LogP contribution in [0.2, 0.25) is 5.02 Å². The number of carbonyl (C=O) groups excluding carboxylic acids is 1. The number of pyridine rings is 1. The van der Waals surface area contributed by atoms with Crippen LogP contribution in [0.5, 0.6) is 0 Å². The van der Waals surface area contributed by atoms with Gasteiger partial charge in [0.05, 0.1) is 12.2 Å². The highest BCUT2D eigenvalue weighted by Crippen LogP contribution is 2.12. The summed E-state index contributed by atoms with van der Waals surface area (Å²) in [5, 5.41) is 6.71. The van der Waals surface area contributed by atoms with Gasteiger partial charge in [0.25, 0.3) is 5.91 Å². The fourth-order valence-electron chi connectivity index (χ4n) is 2.33. The van der Waals surface area contributed by atoms with E-state index in [0.717, 1.165) is 11.3 Å². The van der Waals surface area contributed by atoms with E-state index in [0.29, 0.717) is 35.4 Å². The first kappa shape index (κ1) is 17.8. The molecule has 0 spiro atoms. The number of nitrogens with zero attached hydrogens (tertiary/aromatic N) is 3. The number of benzene rings is 1. The van der Waals surface area contributed by atoms with Crippen molar-refractivity contribution in [2.24, 2.45) is 0 Å². The van der Waals surface area contributed by atoms with Gasteiger partial charge in [-0.3, -0.25) is 9.78 Å². The van der Waals surface area contributed by atoms with E-state index in [1.165, 1.54) is 0 Å². The molecule has 6 nitrogen and oxygen atoms in total. The Balaban J connectivity index is 1.64. The van der Waals surface area contributed by atoms with Crippen molar-refractivity contribution >= 4 is 23.3 Å². The lowest BCUT2D eigenvalue weighted by atomic mass is 10.2. The van der Waals surface area contributed by atoms with Crippen molar-refractivity contribution in [2.45, 2.75) is 20.0 Å². The first-order chi connectivity index (χ1) is 12.6. The third-order valence-electron chi connectivity index (χ3n) is 3.61. The van der Waals surface area contributed by atoms with Gasteiger partial charge in [-0.15, -0.1) is 0 Å². The topological polar surface area (TPSA) is 79.8 Å². The second kappa shape index (κ2) is 8.40. The number of aryl methyl sites for hydroxylation is 1. The summed E-state index contributed by atoms with van der Waals surface area (Å²) in [6.45, 7) is 2.67. The summed E-state index contributed by atoms with van der Waals surface area (Å²) in [4.78, 5) is 25.1. The van der Waals surface area contributed by atoms with E-state index in [4.69, 9.17) is 11.6 Å². The highest BCUT2D eigenvalue weighted by atomic mass is 35.5. The molecule has 2 N–H and O–H groups in total. The first-order valence-electron chi connectivity index (χ1n) is 8.12. The SMILES string of the molecule is Cc1nc(NCc2ccc(Cl)cc2)cc(C(=O)NCc2ccccn2)n1. The van der Waals surface area contributed by atoms with E-state index in [-0.39, 0.29) is 5.91 Å². The zero-order valence-corrected chi connectivity index (χ0v) is 15.0. The highest BCUT2D eigenvalue weighted by molar-refractivity contribution is 6.30. The van der Waals surface area contributed by atoms with E-state index in [2.05, 4.69) is 25.6 Å². The summed E-state index contributed by atoms with van der Waals surface area (Å²) in [6, 6.07) is 14.7. The summed E-state index contributed by atoms with van der Waals surface area (Å²) < 4.78 is 0. The van der Waals surface area contributed by atoms with Crippen molar-refractivity contribution in [3.8, 4) is 0 Å². The van der Waals surface area contributed by atoms with Gasteiger partial charge in [0.15, 0.2) is 0 Å². The zero-order valence-electron chi connectivity index (χ0n) is 14.2. The molecular weight excluding hydrogens is 350 g/mol. The molecule has 0 unspecified atom stereocenters. The lowest BCUT2D eigenvalue weighted by Crippen LogP contribution is -2.25. The van der Waals surface area contributed by atoms with Crippen LogP contribution in [0.3, 0.4) is 0 Å². The Bertz CT molecular complexity index is 884. The van der Waals surface area contributed by atoms with Gasteiger partial charge in [-0.25, -0.2) is 9.97 Å². The van der Waals surface area contributed by atoms with Gasteiger partial charge in [-0.05, 0) is 36.8 Å². The standard InChI is InChI=1S/C19H18ClN5O/c1-13-24-17(19(26)23-12-16-4-2-3-9-21-16)10-18(25-13)22-11-14-5-7-15(20)8-6-14/h2-10H,11-12H2,1H3,(H,23,26)(H,22,24,25). The fraction of sp³-hybridized carbons (Fsp3) is 0.158. The van der Waals surface area contributed by atoms with Crippen LogP contribution in [-0.4, -0.2) is 20.9 Å². The van der Waals surface area contributed by atoms with E-state index in [1.807, 2.05) is 42.5 Å². The number of amides is 1. The summed E-state index contributed by atoms with van der Waals surface area (Å²) >= 11 is 5.89. The minimum absolute atomic E-state index is 0.268. The second-order valence-corrected chi connectivity index (χ2v) is 6.11. The zero-order chi connectivity index (χ0) is 18.4. The molecule has 0 aliphatic heterocycles. The maximum atomic E-state index is 12.4. The van der Waals surface area contributed by atoms with E-state index in [9.17, 15) is 4.79 Å². The number of hydrogen-bond acceptors (Lipinski definition) is 5. The van der Waals surface area contributed by atoms with Crippen molar-refractivity contribution < 1.29 is 4.79 Å². The van der Waals surface area contributed by atoms with Crippen LogP contribution in [0.15, 0.2) is 54.7 Å². The fourth-order valence-corrected chi connectivity index (χ4v) is 2.46. The van der Waals surface area contributed by atoms with E-state index < -0.39 is 0 Å². The van der Waals surface area contributed by atoms with Crippen LogP contribution in [-0.2, 0) is 13.1 Å². The molecule has 0 radical (unpaired) electrons. The molecule has 0 atom stereocenters. The Kier molecular flexibility index (Phi) is 5.76. The molecule has 26 heavy (non-hydrogen) atoms. The minimum Gasteiger partial charge on any atom is -0.366 e. The van der Waals surface area contributed by atoms with Gasteiger partial charge in [0.1, 0.15) is 17.3 Å². The molecule has 0 fully saturated rings. The Hall–Kier alpha value is -2.99. The van der Waals surface area contributed by atoms with Gasteiger partial charge >= 0.3 is 0 Å². The Morgan fingerprint density at radius 3 is 2.62 bits per heavy atom. The number of rotatable bonds is 6. The molecule has 3 rings (SSSR count). The largest absolute Gasteiger partial charge is 0.366 e. The normalized spacial score (nSPS) is 10.4. The van der Waals surface area contributed by atoms with Gasteiger partial charge in [-0.1, -0.05) is 29.8 Å². The number of hydrogen-bond donors (Lipinski definition) is 2. The second-order valence-electron chi connectivity index (χ2n) is 5.67. The number of nitrogens with one attached hydrogen (secondary N) is 2. The van der Waals surface area contributed by atoms with Crippen LogP contribution in [0.4, 0.5) is 5.82 Å². The van der Waals surface area contributed by atoms with E-state index in [1.54, 1.807) is 19.2 Å². The molecular formula is C19H18ClN5O. The van der Waals surface area contributed by atoms with Gasteiger partial charge in [0, 0.05) is 23.8 Å². The quantitative estimate of drug-likeness (QED) is 0.698. The van der Waals surface area contributed by atoms with Crippen LogP contribution in [0, 0.1) is 6.92 Å². The molecule has 0 bridgehead atoms. The molecule has 0 aliphatic rings. The molecule has 2 aromatic heterocycles. The van der Waals surface area contributed by atoms with Gasteiger partial charge in [-0.2, -0.15) is 0 Å². The summed E-state index contributed by atoms with van der Waals surface area (Å²) in [5.41, 5.74) is 2.16. The lowest BCUT2D eigenvalue weighted by Gasteiger charge is -2.09. The Morgan fingerprint density at radius 2 is 1.88 bits per heavy atom. The molecule has 0 saturated heterocycles. The molecule has 0 aliphatic carbocycles. The molecule has 1 aromatic carbocycles. The molecule has 3 aromatic rings. The van der Waals surface area contributed by atoms with Crippen molar-refractivity contribution in [1.29, 1.82) is 0 Å². The predicted octanol–water partition coefficient (Wildman–Crippen LogP) is 3.38. The summed E-state index contributed by atoms with van der Waals surface area (Å²) in [7, 11) is 0. The van der Waals surface area contributed by atoms with Gasteiger partial charge in [0.2, 0.25) is 0 Å². The minimum atomic E-state index is -0.268. The van der Waals surface area contributed by atoms with E-state index >= 15 is 0 Å². The smallest absolute Gasteiger partial charge is 0.270 e. The third kappa shape index (κ3) is 5.00. The first-order valence-corrected chi connectivity index (χ1v) is 8.50. The average molecular weight is 368 g/mol. The van der Waals surface area contributed by atoms with Crippen molar-refractivity contribution in [1.82, 2.24) is 20.3 Å². The summed E-state index contributed by atoms with van der Waals surface area (Å²) in [6.07, 6.45) is 1.69. The van der Waals surface area contributed by atoms with Crippen LogP contribution in [0.1, 0.15) is 27.6 Å². The van der Waals surface area contributed by atoms with Gasteiger partial charge < -0.3 is 10.6 Å². The van der Waals surface area contributed by atoms with Crippen LogP contribution >= 0.6 is 11.6 Å². The Morgan fingerprint density at radius 1 is 1.08 bits per heavy atom. The molecule has 0 saturated carbocycles. The van der Waals surface area contributed by atoms with Crippen LogP contribution in [0.25, 0.3) is 0 Å². The van der Waals surface area contributed by atoms with Crippen molar-refractivity contribution in [3.63, 3.8) is 0 Å². The number of carbonyl (C=O) groups is 1. The number of aromatic nitrogens is 3. The van der Waals surface area contributed by atoms with Crippen molar-refractivity contribution in [3.05, 3.63) is 82.5 Å². The third-order valence-corrected chi connectivity index (χ3v) is 3.87. The number of halogens is 1. The highest BCUT2D eigenvalue weighted by Gasteiger charge is 2.10.